The lowest BCUT2D eigenvalue weighted by Gasteiger charge is -2.41. The maximum atomic E-state index is 11.8. The number of phenolic OH excluding ortho intramolecular Hbond substituents is 1. The summed E-state index contributed by atoms with van der Waals surface area (Å²) in [5, 5.41) is 15.7. The molecule has 1 fully saturated rings. The highest BCUT2D eigenvalue weighted by atomic mass is 16.3. The van der Waals surface area contributed by atoms with Crippen LogP contribution in [0.4, 0.5) is 11.4 Å². The molecule has 3 rings (SSSR count). The van der Waals surface area contributed by atoms with E-state index in [2.05, 4.69) is 10.6 Å². The predicted molar refractivity (Wildman–Crippen MR) is 60.7 cm³/mol. The van der Waals surface area contributed by atoms with Gasteiger partial charge in [0.05, 0.1) is 5.69 Å². The lowest BCUT2D eigenvalue weighted by atomic mass is 10.1. The number of aromatic hydroxyl groups is 1. The Balaban J connectivity index is 2.10. The van der Waals surface area contributed by atoms with Gasteiger partial charge in [-0.3, -0.25) is 4.79 Å². The van der Waals surface area contributed by atoms with Crippen LogP contribution >= 0.6 is 0 Å². The Bertz CT molecular complexity index is 447. The van der Waals surface area contributed by atoms with Gasteiger partial charge in [-0.25, -0.2) is 0 Å². The standard InChI is InChI=1S/C11H13N3O2/c15-9-3-1-2-7-10(9)13-11(16)8-6-12-4-5-14(7)8/h1-3,8,12,15H,4-6H2,(H,13,16). The quantitative estimate of drug-likeness (QED) is 0.542. The molecule has 0 aliphatic carbocycles. The fourth-order valence-electron chi connectivity index (χ4n) is 2.33. The van der Waals surface area contributed by atoms with Gasteiger partial charge >= 0.3 is 0 Å². The first-order chi connectivity index (χ1) is 7.77. The van der Waals surface area contributed by atoms with Crippen LogP contribution in [-0.2, 0) is 4.79 Å². The van der Waals surface area contributed by atoms with E-state index in [9.17, 15) is 9.90 Å². The number of fused-ring (bicyclic) bond motifs is 3. The molecule has 1 saturated heterocycles. The lowest BCUT2D eigenvalue weighted by molar-refractivity contribution is -0.117. The number of hydrogen-bond donors (Lipinski definition) is 3. The average Bonchev–Trinajstić information content (AvgIpc) is 2.31. The van der Waals surface area contributed by atoms with Gasteiger partial charge in [-0.05, 0) is 12.1 Å². The van der Waals surface area contributed by atoms with E-state index in [0.29, 0.717) is 12.2 Å². The van der Waals surface area contributed by atoms with Crippen LogP contribution in [0, 0.1) is 0 Å². The van der Waals surface area contributed by atoms with Crippen molar-refractivity contribution < 1.29 is 9.90 Å². The van der Waals surface area contributed by atoms with Crippen LogP contribution in [0.5, 0.6) is 5.75 Å². The molecule has 2 heterocycles. The summed E-state index contributed by atoms with van der Waals surface area (Å²) in [4.78, 5) is 13.9. The zero-order chi connectivity index (χ0) is 11.1. The SMILES string of the molecule is O=C1Nc2c(O)cccc2N2CCNCC12. The van der Waals surface area contributed by atoms with E-state index >= 15 is 0 Å². The van der Waals surface area contributed by atoms with E-state index in [-0.39, 0.29) is 17.7 Å². The van der Waals surface area contributed by atoms with Crippen molar-refractivity contribution in [1.29, 1.82) is 0 Å². The van der Waals surface area contributed by atoms with E-state index in [0.717, 1.165) is 18.8 Å². The first kappa shape index (κ1) is 9.47. The summed E-state index contributed by atoms with van der Waals surface area (Å²) in [5.74, 6) is 0.0732. The van der Waals surface area contributed by atoms with E-state index in [1.165, 1.54) is 0 Å². The smallest absolute Gasteiger partial charge is 0.248 e. The molecule has 84 valence electrons. The maximum Gasteiger partial charge on any atom is 0.248 e. The van der Waals surface area contributed by atoms with Gasteiger partial charge in [0.15, 0.2) is 0 Å². The molecule has 0 aromatic heterocycles. The molecule has 0 radical (unpaired) electrons. The topological polar surface area (TPSA) is 64.6 Å². The number of nitrogens with one attached hydrogen (secondary N) is 2. The zero-order valence-electron chi connectivity index (χ0n) is 8.73. The van der Waals surface area contributed by atoms with Crippen LogP contribution < -0.4 is 15.5 Å². The van der Waals surface area contributed by atoms with Crippen molar-refractivity contribution in [3.63, 3.8) is 0 Å². The molecule has 3 N–H and O–H groups in total. The molecule has 1 unspecified atom stereocenters. The molecule has 5 heteroatoms. The molecule has 1 atom stereocenters. The largest absolute Gasteiger partial charge is 0.506 e. The highest BCUT2D eigenvalue weighted by molar-refractivity contribution is 6.05. The molecule has 1 aromatic carbocycles. The molecule has 1 aromatic rings. The van der Waals surface area contributed by atoms with Gasteiger partial charge in [-0.1, -0.05) is 6.07 Å². The number of anilines is 2. The van der Waals surface area contributed by atoms with Crippen molar-refractivity contribution in [3.05, 3.63) is 18.2 Å². The number of hydrogen-bond acceptors (Lipinski definition) is 4. The molecule has 16 heavy (non-hydrogen) atoms. The third-order valence-electron chi connectivity index (χ3n) is 3.12. The van der Waals surface area contributed by atoms with Crippen molar-refractivity contribution in [1.82, 2.24) is 5.32 Å². The molecule has 1 amide bonds. The Morgan fingerprint density at radius 1 is 1.44 bits per heavy atom. The first-order valence-electron chi connectivity index (χ1n) is 5.37. The fraction of sp³-hybridized carbons (Fsp3) is 0.364. The predicted octanol–water partition coefficient (Wildman–Crippen LogP) is 0.122. The molecule has 2 aliphatic heterocycles. The van der Waals surface area contributed by atoms with Crippen molar-refractivity contribution >= 4 is 17.3 Å². The summed E-state index contributed by atoms with van der Waals surface area (Å²) in [6.07, 6.45) is 0. The summed E-state index contributed by atoms with van der Waals surface area (Å²) < 4.78 is 0. The van der Waals surface area contributed by atoms with Gasteiger partial charge in [-0.2, -0.15) is 0 Å². The van der Waals surface area contributed by atoms with Crippen LogP contribution in [0.25, 0.3) is 0 Å². The summed E-state index contributed by atoms with van der Waals surface area (Å²) in [6.45, 7) is 2.30. The molecule has 0 saturated carbocycles. The van der Waals surface area contributed by atoms with Crippen molar-refractivity contribution in [3.8, 4) is 5.75 Å². The number of phenols is 1. The van der Waals surface area contributed by atoms with E-state index in [1.54, 1.807) is 12.1 Å². The van der Waals surface area contributed by atoms with E-state index < -0.39 is 0 Å². The second kappa shape index (κ2) is 3.38. The number of benzene rings is 1. The van der Waals surface area contributed by atoms with Gasteiger partial charge in [-0.15, -0.1) is 0 Å². The first-order valence-corrected chi connectivity index (χ1v) is 5.37. The number of rotatable bonds is 0. The van der Waals surface area contributed by atoms with E-state index in [4.69, 9.17) is 0 Å². The molecule has 2 aliphatic rings. The number of para-hydroxylation sites is 1. The number of carbonyl (C=O) groups is 1. The third-order valence-corrected chi connectivity index (χ3v) is 3.12. The Hall–Kier alpha value is -1.75. The maximum absolute atomic E-state index is 11.8. The van der Waals surface area contributed by atoms with Crippen molar-refractivity contribution in [2.75, 3.05) is 29.9 Å². The zero-order valence-corrected chi connectivity index (χ0v) is 8.73. The fourth-order valence-corrected chi connectivity index (χ4v) is 2.33. The molecule has 0 bridgehead atoms. The van der Waals surface area contributed by atoms with Gasteiger partial charge < -0.3 is 20.6 Å². The minimum atomic E-state index is -0.164. The monoisotopic (exact) mass is 219 g/mol. The van der Waals surface area contributed by atoms with Gasteiger partial charge in [0.1, 0.15) is 17.5 Å². The molecule has 5 nitrogen and oxygen atoms in total. The minimum Gasteiger partial charge on any atom is -0.506 e. The number of piperazine rings is 1. The second-order valence-electron chi connectivity index (χ2n) is 4.07. The Morgan fingerprint density at radius 2 is 2.31 bits per heavy atom. The van der Waals surface area contributed by atoms with Crippen LogP contribution in [0.15, 0.2) is 18.2 Å². The number of nitrogens with zero attached hydrogens (tertiary/aromatic N) is 1. The van der Waals surface area contributed by atoms with Crippen LogP contribution in [0.2, 0.25) is 0 Å². The van der Waals surface area contributed by atoms with Crippen LogP contribution in [0.1, 0.15) is 0 Å². The van der Waals surface area contributed by atoms with Crippen molar-refractivity contribution in [2.24, 2.45) is 0 Å². The van der Waals surface area contributed by atoms with Crippen LogP contribution in [0.3, 0.4) is 0 Å². The Labute approximate surface area is 93.1 Å². The highest BCUT2D eigenvalue weighted by Gasteiger charge is 2.35. The highest BCUT2D eigenvalue weighted by Crippen LogP contribution is 2.38. The Morgan fingerprint density at radius 3 is 3.19 bits per heavy atom. The van der Waals surface area contributed by atoms with Crippen molar-refractivity contribution in [2.45, 2.75) is 6.04 Å². The van der Waals surface area contributed by atoms with Gasteiger partial charge in [0.2, 0.25) is 5.91 Å². The normalized spacial score (nSPS) is 23.4. The van der Waals surface area contributed by atoms with Gasteiger partial charge in [0, 0.05) is 19.6 Å². The summed E-state index contributed by atoms with van der Waals surface area (Å²) in [5.41, 5.74) is 1.44. The Kier molecular flexibility index (Phi) is 2.00. The van der Waals surface area contributed by atoms with E-state index in [1.807, 2.05) is 11.0 Å². The summed E-state index contributed by atoms with van der Waals surface area (Å²) >= 11 is 0. The summed E-state index contributed by atoms with van der Waals surface area (Å²) in [7, 11) is 0. The summed E-state index contributed by atoms with van der Waals surface area (Å²) in [6, 6.07) is 5.14. The average molecular weight is 219 g/mol. The minimum absolute atomic E-state index is 0.0544. The van der Waals surface area contributed by atoms with Gasteiger partial charge in [0.25, 0.3) is 0 Å². The molecular weight excluding hydrogens is 206 g/mol. The lowest BCUT2D eigenvalue weighted by Crippen LogP contribution is -2.58. The second-order valence-corrected chi connectivity index (χ2v) is 4.07. The molecule has 0 spiro atoms. The number of amides is 1. The third kappa shape index (κ3) is 1.25. The number of carbonyl (C=O) groups excluding carboxylic acids is 1. The van der Waals surface area contributed by atoms with Crippen LogP contribution in [-0.4, -0.2) is 36.7 Å². The molecular formula is C11H13N3O2.